The molecule has 1 saturated heterocycles. The number of anilines is 1. The molecule has 5 rings (SSSR count). The van der Waals surface area contributed by atoms with Crippen molar-refractivity contribution in [3.63, 3.8) is 0 Å². The van der Waals surface area contributed by atoms with E-state index in [1.165, 1.54) is 11.1 Å². The van der Waals surface area contributed by atoms with Crippen LogP contribution in [-0.4, -0.2) is 52.2 Å². The highest BCUT2D eigenvalue weighted by Crippen LogP contribution is 2.44. The van der Waals surface area contributed by atoms with Gasteiger partial charge < -0.3 is 14.7 Å². The highest BCUT2D eigenvalue weighted by atomic mass is 16.5. The summed E-state index contributed by atoms with van der Waals surface area (Å²) in [6.45, 7) is 2.26. The monoisotopic (exact) mass is 471 g/mol. The van der Waals surface area contributed by atoms with Gasteiger partial charge in [0.2, 0.25) is 0 Å². The maximum absolute atomic E-state index is 13.2. The van der Waals surface area contributed by atoms with E-state index in [1.807, 2.05) is 36.4 Å². The lowest BCUT2D eigenvalue weighted by Gasteiger charge is -2.24. The fourth-order valence-corrected chi connectivity index (χ4v) is 5.11. The molecule has 2 aliphatic rings. The lowest BCUT2D eigenvalue weighted by atomic mass is 9.98. The van der Waals surface area contributed by atoms with Crippen molar-refractivity contribution < 1.29 is 24.2 Å². The van der Waals surface area contributed by atoms with Crippen LogP contribution in [0.5, 0.6) is 0 Å². The van der Waals surface area contributed by atoms with Crippen LogP contribution in [0.2, 0.25) is 0 Å². The highest BCUT2D eigenvalue weighted by molar-refractivity contribution is 6.02. The number of aromatic nitrogens is 1. The van der Waals surface area contributed by atoms with Crippen molar-refractivity contribution in [2.75, 3.05) is 18.5 Å². The van der Waals surface area contributed by atoms with Gasteiger partial charge in [0, 0.05) is 18.7 Å². The van der Waals surface area contributed by atoms with Crippen molar-refractivity contribution >= 4 is 23.7 Å². The third-order valence-corrected chi connectivity index (χ3v) is 6.80. The van der Waals surface area contributed by atoms with Gasteiger partial charge in [0.25, 0.3) is 5.91 Å². The molecular weight excluding hydrogens is 446 g/mol. The summed E-state index contributed by atoms with van der Waals surface area (Å²) in [5.41, 5.74) is 4.62. The van der Waals surface area contributed by atoms with Crippen LogP contribution >= 0.6 is 0 Å². The van der Waals surface area contributed by atoms with E-state index in [4.69, 9.17) is 4.74 Å². The molecule has 0 radical (unpaired) electrons. The Kier molecular flexibility index (Phi) is 5.94. The number of nitrogens with zero attached hydrogens (tertiary/aromatic N) is 2. The summed E-state index contributed by atoms with van der Waals surface area (Å²) in [4.78, 5) is 43.0. The number of carbonyl (C=O) groups is 3. The van der Waals surface area contributed by atoms with Crippen LogP contribution < -0.4 is 5.32 Å². The number of nitrogens with one attached hydrogen (secondary N) is 1. The summed E-state index contributed by atoms with van der Waals surface area (Å²) < 4.78 is 5.58. The van der Waals surface area contributed by atoms with Gasteiger partial charge in [0.15, 0.2) is 5.69 Å². The molecule has 2 aromatic carbocycles. The first kappa shape index (κ1) is 22.6. The van der Waals surface area contributed by atoms with E-state index in [0.29, 0.717) is 13.0 Å². The van der Waals surface area contributed by atoms with Gasteiger partial charge in [-0.2, -0.15) is 0 Å². The number of aliphatic carboxylic acids is 1. The lowest BCUT2D eigenvalue weighted by molar-refractivity contribution is -0.142. The molecule has 0 spiro atoms. The number of carbonyl (C=O) groups excluding carboxylic acids is 2. The Morgan fingerprint density at radius 1 is 1.03 bits per heavy atom. The van der Waals surface area contributed by atoms with Gasteiger partial charge in [0.1, 0.15) is 12.6 Å². The maximum Gasteiger partial charge on any atom is 0.411 e. The minimum atomic E-state index is -1.05. The van der Waals surface area contributed by atoms with E-state index in [0.717, 1.165) is 22.3 Å². The number of amides is 2. The minimum Gasteiger partial charge on any atom is -0.480 e. The van der Waals surface area contributed by atoms with Crippen LogP contribution in [0.25, 0.3) is 11.1 Å². The predicted octanol–water partition coefficient (Wildman–Crippen LogP) is 4.38. The molecule has 178 valence electrons. The van der Waals surface area contributed by atoms with E-state index >= 15 is 0 Å². The standard InChI is InChI=1S/C27H25N3O5/c1-16-12-14-30(24(16)26(32)33)25(31)23-22(11-6-13-28-23)29-27(34)35-15-21-19-9-4-2-7-17(19)18-8-3-5-10-20(18)21/h2-11,13,16,21,24H,12,14-15H2,1H3,(H,29,34)(H,32,33). The molecule has 8 nitrogen and oxygen atoms in total. The number of hydrogen-bond acceptors (Lipinski definition) is 5. The lowest BCUT2D eigenvalue weighted by Crippen LogP contribution is -2.43. The first-order chi connectivity index (χ1) is 17.0. The zero-order valence-electron chi connectivity index (χ0n) is 19.2. The molecule has 2 heterocycles. The van der Waals surface area contributed by atoms with Crippen molar-refractivity contribution in [2.24, 2.45) is 5.92 Å². The molecule has 35 heavy (non-hydrogen) atoms. The summed E-state index contributed by atoms with van der Waals surface area (Å²) in [6, 6.07) is 18.3. The Labute approximate surface area is 202 Å². The van der Waals surface area contributed by atoms with Gasteiger partial charge in [-0.1, -0.05) is 55.5 Å². The number of carboxylic acid groups (broad SMARTS) is 1. The number of hydrogen-bond donors (Lipinski definition) is 2. The fraction of sp³-hybridized carbons (Fsp3) is 0.259. The van der Waals surface area contributed by atoms with Crippen molar-refractivity contribution in [2.45, 2.75) is 25.3 Å². The van der Waals surface area contributed by atoms with Gasteiger partial charge in [-0.05, 0) is 46.7 Å². The molecule has 3 aromatic rings. The molecule has 0 saturated carbocycles. The van der Waals surface area contributed by atoms with E-state index in [2.05, 4.69) is 22.4 Å². The smallest absolute Gasteiger partial charge is 0.411 e. The van der Waals surface area contributed by atoms with Gasteiger partial charge in [0.05, 0.1) is 5.69 Å². The van der Waals surface area contributed by atoms with Crippen LogP contribution in [0.3, 0.4) is 0 Å². The summed E-state index contributed by atoms with van der Waals surface area (Å²) in [6.07, 6.45) is 1.31. The zero-order chi connectivity index (χ0) is 24.5. The summed E-state index contributed by atoms with van der Waals surface area (Å²) in [5, 5.41) is 12.2. The van der Waals surface area contributed by atoms with E-state index in [-0.39, 0.29) is 29.8 Å². The van der Waals surface area contributed by atoms with Crippen molar-refractivity contribution in [3.8, 4) is 11.1 Å². The Balaban J connectivity index is 1.31. The molecule has 2 amide bonds. The summed E-state index contributed by atoms with van der Waals surface area (Å²) >= 11 is 0. The first-order valence-corrected chi connectivity index (χ1v) is 11.6. The fourth-order valence-electron chi connectivity index (χ4n) is 5.11. The molecule has 1 fully saturated rings. The third kappa shape index (κ3) is 4.12. The molecule has 2 N–H and O–H groups in total. The highest BCUT2D eigenvalue weighted by Gasteiger charge is 2.40. The predicted molar refractivity (Wildman–Crippen MR) is 129 cm³/mol. The normalized spacial score (nSPS) is 18.6. The Morgan fingerprint density at radius 3 is 2.34 bits per heavy atom. The van der Waals surface area contributed by atoms with Crippen LogP contribution in [0.4, 0.5) is 10.5 Å². The second-order valence-electron chi connectivity index (χ2n) is 8.90. The quantitative estimate of drug-likeness (QED) is 0.572. The molecule has 2 atom stereocenters. The van der Waals surface area contributed by atoms with Gasteiger partial charge in [-0.25, -0.2) is 14.6 Å². The van der Waals surface area contributed by atoms with Crippen LogP contribution in [0, 0.1) is 5.92 Å². The summed E-state index contributed by atoms with van der Waals surface area (Å²) in [7, 11) is 0. The van der Waals surface area contributed by atoms with Gasteiger partial charge in [-0.3, -0.25) is 10.1 Å². The third-order valence-electron chi connectivity index (χ3n) is 6.80. The number of pyridine rings is 1. The SMILES string of the molecule is CC1CCN(C(=O)c2ncccc2NC(=O)OCC2c3ccccc3-c3ccccc32)C1C(=O)O. The minimum absolute atomic E-state index is 0.0126. The average Bonchev–Trinajstić information content (AvgIpc) is 3.41. The first-order valence-electron chi connectivity index (χ1n) is 11.6. The molecule has 1 aliphatic heterocycles. The second kappa shape index (κ2) is 9.21. The number of likely N-dealkylation sites (tertiary alicyclic amines) is 1. The topological polar surface area (TPSA) is 109 Å². The number of fused-ring (bicyclic) bond motifs is 3. The van der Waals surface area contributed by atoms with Crippen molar-refractivity contribution in [3.05, 3.63) is 83.7 Å². The summed E-state index contributed by atoms with van der Waals surface area (Å²) in [5.74, 6) is -1.84. The number of ether oxygens (including phenoxy) is 1. The van der Waals surface area contributed by atoms with Gasteiger partial charge >= 0.3 is 12.1 Å². The second-order valence-corrected chi connectivity index (χ2v) is 8.90. The molecule has 1 aliphatic carbocycles. The maximum atomic E-state index is 13.2. The average molecular weight is 472 g/mol. The van der Waals surface area contributed by atoms with E-state index in [1.54, 1.807) is 19.1 Å². The van der Waals surface area contributed by atoms with Crippen LogP contribution in [0.1, 0.15) is 40.9 Å². The van der Waals surface area contributed by atoms with Crippen molar-refractivity contribution in [1.29, 1.82) is 0 Å². The zero-order valence-corrected chi connectivity index (χ0v) is 19.2. The molecule has 0 bridgehead atoms. The Morgan fingerprint density at radius 2 is 1.69 bits per heavy atom. The molecule has 8 heteroatoms. The molecule has 2 unspecified atom stereocenters. The van der Waals surface area contributed by atoms with E-state index < -0.39 is 24.0 Å². The largest absolute Gasteiger partial charge is 0.480 e. The Hall–Kier alpha value is -4.20. The molecular formula is C27H25N3O5. The van der Waals surface area contributed by atoms with Crippen LogP contribution in [0.15, 0.2) is 66.9 Å². The Bertz CT molecular complexity index is 1260. The van der Waals surface area contributed by atoms with E-state index in [9.17, 15) is 19.5 Å². The van der Waals surface area contributed by atoms with Crippen molar-refractivity contribution in [1.82, 2.24) is 9.88 Å². The number of benzene rings is 2. The van der Waals surface area contributed by atoms with Crippen LogP contribution in [-0.2, 0) is 9.53 Å². The number of carboxylic acids is 1. The molecule has 1 aromatic heterocycles. The van der Waals surface area contributed by atoms with Gasteiger partial charge in [-0.15, -0.1) is 0 Å². The number of rotatable bonds is 5.